The molecule has 0 heterocycles. The number of hydrogen-bond donors (Lipinski definition) is 4. The molecular weight excluding hydrogens is 556 g/mol. The van der Waals surface area contributed by atoms with Crippen molar-refractivity contribution >= 4 is 17.7 Å². The lowest BCUT2D eigenvalue weighted by molar-refractivity contribution is 0.0471. The van der Waals surface area contributed by atoms with Gasteiger partial charge in [-0.15, -0.1) is 6.42 Å². The standard InChI is InChI=1S/C35H42N4O5/c1-5-18-38(19-6-2)35(44)29-21-25(7-3)20-28(23-29)33(42)36-31(22-26-14-16-30(40)17-15-26)32(41)24-39(8-4)37-34(43)27-12-10-9-11-13-27/h3,9-17,20-21,23,31-32,40-41H,5-6,8,18-19,22,24H2,1-2,4H3,(H,36,42)(H,37,43). The lowest BCUT2D eigenvalue weighted by Crippen LogP contribution is -2.53. The zero-order valence-corrected chi connectivity index (χ0v) is 25.6. The molecule has 4 N–H and O–H groups in total. The van der Waals surface area contributed by atoms with Gasteiger partial charge in [-0.3, -0.25) is 19.8 Å². The van der Waals surface area contributed by atoms with Crippen LogP contribution in [0.2, 0.25) is 0 Å². The predicted octanol–water partition coefficient (Wildman–Crippen LogP) is 4.00. The summed E-state index contributed by atoms with van der Waals surface area (Å²) in [5.74, 6) is 1.61. The summed E-state index contributed by atoms with van der Waals surface area (Å²) in [5.41, 5.74) is 4.98. The van der Waals surface area contributed by atoms with Crippen LogP contribution in [-0.2, 0) is 6.42 Å². The smallest absolute Gasteiger partial charge is 0.265 e. The van der Waals surface area contributed by atoms with E-state index in [0.29, 0.717) is 36.3 Å². The first-order chi connectivity index (χ1) is 21.2. The van der Waals surface area contributed by atoms with E-state index in [2.05, 4.69) is 16.7 Å². The van der Waals surface area contributed by atoms with Crippen LogP contribution in [0, 0.1) is 12.3 Å². The molecule has 2 unspecified atom stereocenters. The zero-order chi connectivity index (χ0) is 32.1. The number of amides is 3. The Morgan fingerprint density at radius 3 is 2.09 bits per heavy atom. The lowest BCUT2D eigenvalue weighted by Gasteiger charge is -2.30. The maximum Gasteiger partial charge on any atom is 0.265 e. The molecule has 2 atom stereocenters. The summed E-state index contributed by atoms with van der Waals surface area (Å²) in [5, 5.41) is 25.6. The first-order valence-corrected chi connectivity index (χ1v) is 15.0. The van der Waals surface area contributed by atoms with Gasteiger partial charge in [0.15, 0.2) is 0 Å². The van der Waals surface area contributed by atoms with E-state index in [1.54, 1.807) is 58.4 Å². The van der Waals surface area contributed by atoms with E-state index < -0.39 is 18.1 Å². The van der Waals surface area contributed by atoms with Crippen LogP contribution in [0.1, 0.15) is 75.8 Å². The Labute approximate surface area is 259 Å². The number of benzene rings is 3. The Morgan fingerprint density at radius 1 is 0.864 bits per heavy atom. The predicted molar refractivity (Wildman–Crippen MR) is 171 cm³/mol. The van der Waals surface area contributed by atoms with Crippen LogP contribution in [0.3, 0.4) is 0 Å². The molecule has 232 valence electrons. The molecule has 3 aromatic rings. The van der Waals surface area contributed by atoms with Crippen LogP contribution >= 0.6 is 0 Å². The van der Waals surface area contributed by atoms with Gasteiger partial charge in [0, 0.05) is 48.4 Å². The van der Waals surface area contributed by atoms with Gasteiger partial charge >= 0.3 is 0 Å². The van der Waals surface area contributed by atoms with Crippen molar-refractivity contribution in [3.8, 4) is 18.1 Å². The lowest BCUT2D eigenvalue weighted by atomic mass is 9.99. The number of hydrazine groups is 1. The van der Waals surface area contributed by atoms with Crippen LogP contribution in [0.5, 0.6) is 5.75 Å². The Morgan fingerprint density at radius 2 is 1.50 bits per heavy atom. The van der Waals surface area contributed by atoms with Crippen LogP contribution in [0.25, 0.3) is 0 Å². The highest BCUT2D eigenvalue weighted by atomic mass is 16.3. The van der Waals surface area contributed by atoms with Crippen LogP contribution in [-0.4, -0.2) is 76.2 Å². The second-order valence-corrected chi connectivity index (χ2v) is 10.6. The first-order valence-electron chi connectivity index (χ1n) is 15.0. The highest BCUT2D eigenvalue weighted by Gasteiger charge is 2.26. The van der Waals surface area contributed by atoms with Gasteiger partial charge in [0.05, 0.1) is 12.1 Å². The van der Waals surface area contributed by atoms with Gasteiger partial charge in [-0.25, -0.2) is 5.01 Å². The van der Waals surface area contributed by atoms with Gasteiger partial charge in [-0.05, 0) is 67.3 Å². The molecule has 9 heteroatoms. The summed E-state index contributed by atoms with van der Waals surface area (Å²) in [4.78, 5) is 41.5. The summed E-state index contributed by atoms with van der Waals surface area (Å²) in [6, 6.07) is 19.1. The molecule has 0 saturated heterocycles. The number of carbonyl (C=O) groups is 3. The summed E-state index contributed by atoms with van der Waals surface area (Å²) >= 11 is 0. The fraction of sp³-hybridized carbons (Fsp3) is 0.343. The number of phenolic OH excluding ortho intramolecular Hbond substituents is 1. The molecule has 9 nitrogen and oxygen atoms in total. The van der Waals surface area contributed by atoms with Crippen molar-refractivity contribution in [2.75, 3.05) is 26.2 Å². The van der Waals surface area contributed by atoms with Crippen LogP contribution < -0.4 is 10.7 Å². The molecule has 0 bridgehead atoms. The molecule has 3 aromatic carbocycles. The number of terminal acetylenes is 1. The average Bonchev–Trinajstić information content (AvgIpc) is 3.04. The van der Waals surface area contributed by atoms with Crippen molar-refractivity contribution < 1.29 is 24.6 Å². The average molecular weight is 599 g/mol. The normalized spacial score (nSPS) is 12.2. The summed E-state index contributed by atoms with van der Waals surface area (Å²) in [6.07, 6.45) is 6.41. The van der Waals surface area contributed by atoms with Gasteiger partial charge in [0.25, 0.3) is 17.7 Å². The summed E-state index contributed by atoms with van der Waals surface area (Å²) < 4.78 is 0. The zero-order valence-electron chi connectivity index (χ0n) is 25.6. The monoisotopic (exact) mass is 598 g/mol. The maximum atomic E-state index is 13.6. The van der Waals surface area contributed by atoms with E-state index in [-0.39, 0.29) is 36.1 Å². The topological polar surface area (TPSA) is 122 Å². The van der Waals surface area contributed by atoms with Crippen molar-refractivity contribution in [1.82, 2.24) is 20.7 Å². The Bertz CT molecular complexity index is 1430. The molecule has 3 amide bonds. The molecule has 3 rings (SSSR count). The van der Waals surface area contributed by atoms with E-state index in [4.69, 9.17) is 6.42 Å². The molecular formula is C35H42N4O5. The number of nitrogens with one attached hydrogen (secondary N) is 2. The Hall–Kier alpha value is -4.65. The van der Waals surface area contributed by atoms with Gasteiger partial charge in [0.1, 0.15) is 5.75 Å². The second kappa shape index (κ2) is 16.8. The number of hydrogen-bond acceptors (Lipinski definition) is 6. The molecule has 0 aliphatic heterocycles. The van der Waals surface area contributed by atoms with E-state index in [1.807, 2.05) is 26.8 Å². The van der Waals surface area contributed by atoms with Crippen molar-refractivity contribution in [1.29, 1.82) is 0 Å². The number of nitrogens with zero attached hydrogens (tertiary/aromatic N) is 2. The summed E-state index contributed by atoms with van der Waals surface area (Å²) in [7, 11) is 0. The Kier molecular flexibility index (Phi) is 13.0. The number of phenols is 1. The number of aromatic hydroxyl groups is 1. The van der Waals surface area contributed by atoms with Crippen molar-refractivity contribution in [2.45, 2.75) is 52.2 Å². The minimum Gasteiger partial charge on any atom is -0.508 e. The van der Waals surface area contributed by atoms with Gasteiger partial charge in [-0.1, -0.05) is 57.0 Å². The molecule has 0 spiro atoms. The third kappa shape index (κ3) is 9.69. The molecule has 0 aliphatic rings. The second-order valence-electron chi connectivity index (χ2n) is 10.6. The third-order valence-electron chi connectivity index (χ3n) is 7.14. The highest BCUT2D eigenvalue weighted by Crippen LogP contribution is 2.17. The molecule has 0 fully saturated rings. The van der Waals surface area contributed by atoms with E-state index in [1.165, 1.54) is 18.2 Å². The van der Waals surface area contributed by atoms with E-state index in [9.17, 15) is 24.6 Å². The van der Waals surface area contributed by atoms with Crippen LogP contribution in [0.15, 0.2) is 72.8 Å². The number of aliphatic hydroxyl groups is 1. The van der Waals surface area contributed by atoms with Crippen molar-refractivity contribution in [3.05, 3.63) is 101 Å². The molecule has 0 saturated carbocycles. The fourth-order valence-electron chi connectivity index (χ4n) is 4.83. The molecule has 0 radical (unpaired) electrons. The first kappa shape index (κ1) is 33.8. The van der Waals surface area contributed by atoms with Crippen LogP contribution in [0.4, 0.5) is 0 Å². The highest BCUT2D eigenvalue weighted by molar-refractivity contribution is 6.00. The Balaban J connectivity index is 1.86. The third-order valence-corrected chi connectivity index (χ3v) is 7.14. The van der Waals surface area contributed by atoms with Gasteiger partial charge < -0.3 is 20.4 Å². The van der Waals surface area contributed by atoms with Crippen molar-refractivity contribution in [2.24, 2.45) is 0 Å². The minimum absolute atomic E-state index is 0.0230. The van der Waals surface area contributed by atoms with Gasteiger partial charge in [0.2, 0.25) is 0 Å². The fourth-order valence-corrected chi connectivity index (χ4v) is 4.83. The molecule has 44 heavy (non-hydrogen) atoms. The van der Waals surface area contributed by atoms with Gasteiger partial charge in [-0.2, -0.15) is 0 Å². The summed E-state index contributed by atoms with van der Waals surface area (Å²) in [6.45, 7) is 7.44. The number of rotatable bonds is 15. The SMILES string of the molecule is C#Cc1cc(C(=O)NC(Cc2ccc(O)cc2)C(O)CN(CC)NC(=O)c2ccccc2)cc(C(=O)N(CCC)CCC)c1. The number of aliphatic hydroxyl groups excluding tert-OH is 1. The molecule has 0 aliphatic carbocycles. The van der Waals surface area contributed by atoms with E-state index in [0.717, 1.165) is 18.4 Å². The minimum atomic E-state index is -1.11. The number of likely N-dealkylation sites (N-methyl/N-ethyl adjacent to an activating group) is 1. The van der Waals surface area contributed by atoms with E-state index >= 15 is 0 Å². The number of carbonyl (C=O) groups excluding carboxylic acids is 3. The largest absolute Gasteiger partial charge is 0.508 e. The molecule has 0 aromatic heterocycles. The van der Waals surface area contributed by atoms with Crippen molar-refractivity contribution in [3.63, 3.8) is 0 Å². The quantitative estimate of drug-likeness (QED) is 0.155. The maximum absolute atomic E-state index is 13.6.